The monoisotopic (exact) mass is 309 g/mol. The molecule has 1 aliphatic heterocycles. The van der Waals surface area contributed by atoms with Gasteiger partial charge in [-0.3, -0.25) is 14.3 Å². The number of carbonyl (C=O) groups excluding carboxylic acids is 1. The van der Waals surface area contributed by atoms with E-state index in [0.29, 0.717) is 38.8 Å². The van der Waals surface area contributed by atoms with E-state index in [1.807, 2.05) is 4.90 Å². The van der Waals surface area contributed by atoms with Crippen molar-refractivity contribution < 1.29 is 14.5 Å². The second kappa shape index (κ2) is 6.30. The summed E-state index contributed by atoms with van der Waals surface area (Å²) in [5.41, 5.74) is 0. The number of nitro groups is 1. The van der Waals surface area contributed by atoms with Gasteiger partial charge in [-0.15, -0.1) is 0 Å². The van der Waals surface area contributed by atoms with E-state index in [-0.39, 0.29) is 17.7 Å². The first kappa shape index (κ1) is 14.8. The van der Waals surface area contributed by atoms with E-state index in [2.05, 4.69) is 10.3 Å². The van der Waals surface area contributed by atoms with Crippen molar-refractivity contribution in [1.29, 1.82) is 0 Å². The van der Waals surface area contributed by atoms with Crippen LogP contribution in [0.15, 0.2) is 6.20 Å². The van der Waals surface area contributed by atoms with E-state index < -0.39 is 4.92 Å². The minimum absolute atomic E-state index is 0.0297. The topological polar surface area (TPSA) is 103 Å². The summed E-state index contributed by atoms with van der Waals surface area (Å²) in [6, 6.07) is 0.603. The molecule has 1 aliphatic carbocycles. The van der Waals surface area contributed by atoms with Crippen molar-refractivity contribution in [3.63, 3.8) is 0 Å². The van der Waals surface area contributed by atoms with Gasteiger partial charge in [-0.2, -0.15) is 0 Å². The number of amides is 1. The third-order valence-corrected chi connectivity index (χ3v) is 4.05. The molecule has 1 N–H and O–H groups in total. The molecule has 0 unspecified atom stereocenters. The van der Waals surface area contributed by atoms with Gasteiger partial charge >= 0.3 is 11.8 Å². The summed E-state index contributed by atoms with van der Waals surface area (Å²) in [5, 5.41) is 13.8. The maximum atomic E-state index is 11.9. The molecule has 1 saturated carbocycles. The van der Waals surface area contributed by atoms with Crippen molar-refractivity contribution in [3.05, 3.63) is 16.3 Å². The highest BCUT2D eigenvalue weighted by molar-refractivity contribution is 5.78. The molecule has 1 fully saturated rings. The second-order valence-electron chi connectivity index (χ2n) is 5.65. The molecule has 2 heterocycles. The molecule has 120 valence electrons. The molecule has 0 atom stereocenters. The predicted octanol–water partition coefficient (Wildman–Crippen LogP) is 0.154. The number of carbonyl (C=O) groups is 1. The van der Waals surface area contributed by atoms with Gasteiger partial charge in [0.2, 0.25) is 5.91 Å². The predicted molar refractivity (Wildman–Crippen MR) is 76.6 cm³/mol. The Morgan fingerprint density at radius 2 is 2.27 bits per heavy atom. The van der Waals surface area contributed by atoms with Gasteiger partial charge in [0.1, 0.15) is 12.8 Å². The molecular weight excluding hydrogens is 290 g/mol. The highest BCUT2D eigenvalue weighted by atomic mass is 16.6. The van der Waals surface area contributed by atoms with Gasteiger partial charge in [-0.05, 0) is 24.2 Å². The van der Waals surface area contributed by atoms with Crippen LogP contribution in [0.4, 0.5) is 5.82 Å². The average Bonchev–Trinajstić information content (AvgIpc) is 2.80. The van der Waals surface area contributed by atoms with Crippen LogP contribution in [0.5, 0.6) is 6.01 Å². The zero-order chi connectivity index (χ0) is 15.5. The van der Waals surface area contributed by atoms with E-state index >= 15 is 0 Å². The Hall–Kier alpha value is -2.16. The Morgan fingerprint density at radius 1 is 1.45 bits per heavy atom. The number of imidazole rings is 1. The Kier molecular flexibility index (Phi) is 4.23. The van der Waals surface area contributed by atoms with E-state index in [1.165, 1.54) is 12.6 Å². The van der Waals surface area contributed by atoms with Crippen LogP contribution in [0.2, 0.25) is 0 Å². The molecule has 0 radical (unpaired) electrons. The smallest absolute Gasteiger partial charge is 0.414 e. The second-order valence-corrected chi connectivity index (χ2v) is 5.65. The van der Waals surface area contributed by atoms with Gasteiger partial charge in [0.25, 0.3) is 0 Å². The number of ether oxygens (including phenoxy) is 1. The first-order valence-electron chi connectivity index (χ1n) is 7.48. The van der Waals surface area contributed by atoms with Crippen molar-refractivity contribution in [1.82, 2.24) is 19.8 Å². The zero-order valence-electron chi connectivity index (χ0n) is 12.2. The number of nitrogens with one attached hydrogen (secondary N) is 1. The molecular formula is C13H19N5O4. The molecule has 1 aromatic heterocycles. The van der Waals surface area contributed by atoms with Crippen molar-refractivity contribution in [2.75, 3.05) is 26.2 Å². The summed E-state index contributed by atoms with van der Waals surface area (Å²) in [6.45, 7) is 2.41. The summed E-state index contributed by atoms with van der Waals surface area (Å²) in [4.78, 5) is 28.0. The quantitative estimate of drug-likeness (QED) is 0.627. The highest BCUT2D eigenvalue weighted by Gasteiger charge is 2.24. The molecule has 0 aromatic carbocycles. The lowest BCUT2D eigenvalue weighted by atomic mass is 9.93. The van der Waals surface area contributed by atoms with Gasteiger partial charge in [0, 0.05) is 30.7 Å². The average molecular weight is 309 g/mol. The number of hydrogen-bond acceptors (Lipinski definition) is 6. The first-order chi connectivity index (χ1) is 10.6. The van der Waals surface area contributed by atoms with Crippen LogP contribution in [0.25, 0.3) is 0 Å². The summed E-state index contributed by atoms with van der Waals surface area (Å²) in [6.07, 6.45) is 4.69. The molecule has 1 amide bonds. The fraction of sp³-hybridized carbons (Fsp3) is 0.692. The lowest BCUT2D eigenvalue weighted by Crippen LogP contribution is -2.46. The fourth-order valence-corrected chi connectivity index (χ4v) is 2.56. The van der Waals surface area contributed by atoms with Gasteiger partial charge in [-0.1, -0.05) is 0 Å². The molecule has 2 aliphatic rings. The normalized spacial score (nSPS) is 19.3. The van der Waals surface area contributed by atoms with Crippen LogP contribution in [0, 0.1) is 10.1 Å². The van der Waals surface area contributed by atoms with E-state index in [4.69, 9.17) is 4.74 Å². The highest BCUT2D eigenvalue weighted by Crippen LogP contribution is 2.19. The Bertz CT molecular complexity index is 569. The maximum absolute atomic E-state index is 11.9. The maximum Gasteiger partial charge on any atom is 0.414 e. The van der Waals surface area contributed by atoms with E-state index in [1.54, 1.807) is 4.57 Å². The summed E-state index contributed by atoms with van der Waals surface area (Å²) >= 11 is 0. The number of rotatable bonds is 4. The minimum Gasteiger partial charge on any atom is -0.444 e. The summed E-state index contributed by atoms with van der Waals surface area (Å²) in [5.74, 6) is -0.187. The fourth-order valence-electron chi connectivity index (χ4n) is 2.56. The standard InChI is InChI=1S/C13H19N5O4/c19-12(14-10-2-1-3-10)9-16-4-5-17-8-11(18(20)21)15-13(17)22-7-6-16/h8,10H,1-7,9H2,(H,14,19). The van der Waals surface area contributed by atoms with Gasteiger partial charge in [-0.25, -0.2) is 0 Å². The number of fused-ring (bicyclic) bond motifs is 1. The van der Waals surface area contributed by atoms with Crippen molar-refractivity contribution >= 4 is 11.7 Å². The molecule has 0 saturated heterocycles. The third-order valence-electron chi connectivity index (χ3n) is 4.05. The molecule has 3 rings (SSSR count). The van der Waals surface area contributed by atoms with Crippen molar-refractivity contribution in [2.24, 2.45) is 0 Å². The molecule has 22 heavy (non-hydrogen) atoms. The van der Waals surface area contributed by atoms with Crippen LogP contribution < -0.4 is 10.1 Å². The Labute approximate surface area is 127 Å². The number of hydrogen-bond donors (Lipinski definition) is 1. The summed E-state index contributed by atoms with van der Waals surface area (Å²) in [7, 11) is 0. The van der Waals surface area contributed by atoms with Gasteiger partial charge in [0.05, 0.1) is 6.54 Å². The molecule has 1 aromatic rings. The van der Waals surface area contributed by atoms with Gasteiger partial charge < -0.3 is 20.2 Å². The van der Waals surface area contributed by atoms with Crippen LogP contribution in [0.1, 0.15) is 19.3 Å². The van der Waals surface area contributed by atoms with Crippen LogP contribution in [-0.4, -0.2) is 57.6 Å². The van der Waals surface area contributed by atoms with E-state index in [0.717, 1.165) is 12.8 Å². The number of aromatic nitrogens is 2. The van der Waals surface area contributed by atoms with Crippen LogP contribution in [-0.2, 0) is 11.3 Å². The lowest BCUT2D eigenvalue weighted by molar-refractivity contribution is -0.389. The van der Waals surface area contributed by atoms with Crippen LogP contribution in [0.3, 0.4) is 0 Å². The lowest BCUT2D eigenvalue weighted by Gasteiger charge is -2.29. The van der Waals surface area contributed by atoms with E-state index in [9.17, 15) is 14.9 Å². The first-order valence-corrected chi connectivity index (χ1v) is 7.48. The SMILES string of the molecule is O=C(CN1CCOc2nc([N+](=O)[O-])cn2CC1)NC1CCC1. The molecule has 9 nitrogen and oxygen atoms in total. The summed E-state index contributed by atoms with van der Waals surface area (Å²) < 4.78 is 7.08. The van der Waals surface area contributed by atoms with Gasteiger partial charge in [0.15, 0.2) is 0 Å². The van der Waals surface area contributed by atoms with Crippen molar-refractivity contribution in [2.45, 2.75) is 31.8 Å². The molecule has 9 heteroatoms. The molecule has 0 bridgehead atoms. The third kappa shape index (κ3) is 3.35. The minimum atomic E-state index is -0.537. The largest absolute Gasteiger partial charge is 0.444 e. The van der Waals surface area contributed by atoms with Crippen LogP contribution >= 0.6 is 0 Å². The zero-order valence-corrected chi connectivity index (χ0v) is 12.2. The number of nitrogens with zero attached hydrogens (tertiary/aromatic N) is 4. The Balaban J connectivity index is 1.56. The Morgan fingerprint density at radius 3 is 2.95 bits per heavy atom. The van der Waals surface area contributed by atoms with Crippen molar-refractivity contribution in [3.8, 4) is 6.01 Å². The molecule has 0 spiro atoms.